The van der Waals surface area contributed by atoms with Gasteiger partial charge in [-0.1, -0.05) is 184 Å². The normalized spacial score (nSPS) is 14.4. The lowest BCUT2D eigenvalue weighted by atomic mass is 10.1. The lowest BCUT2D eigenvalue weighted by Crippen LogP contribution is -2.29. The molecule has 0 spiro atoms. The van der Waals surface area contributed by atoms with Gasteiger partial charge >= 0.3 is 13.8 Å². The molecule has 0 aromatic heterocycles. The van der Waals surface area contributed by atoms with E-state index in [1.54, 1.807) is 0 Å². The third-order valence-electron chi connectivity index (χ3n) is 10.2. The molecule has 0 amide bonds. The molecule has 0 aliphatic heterocycles. The number of aliphatic hydroxyl groups excluding tert-OH is 2. The van der Waals surface area contributed by atoms with E-state index in [1.807, 2.05) is 0 Å². The second-order valence-electron chi connectivity index (χ2n) is 16.1. The first kappa shape index (κ1) is 58.2. The third-order valence-corrected chi connectivity index (χ3v) is 11.1. The average Bonchev–Trinajstić information content (AvgIpc) is 3.24. The summed E-state index contributed by atoms with van der Waals surface area (Å²) >= 11 is 0. The number of carbonyl (C=O) groups is 1. The van der Waals surface area contributed by atoms with Gasteiger partial charge in [-0.05, 0) is 77.0 Å². The van der Waals surface area contributed by atoms with Crippen LogP contribution in [0.15, 0.2) is 60.8 Å². The number of ether oxygens (including phenoxy) is 2. The van der Waals surface area contributed by atoms with Crippen molar-refractivity contribution >= 4 is 13.8 Å². The SMILES string of the molecule is CC/C=C\C/C=C\C/C=C\C/C=C\CCCCCCCCCCCOCC(COP(=O)(O)OCC(O)CO)OC(=O)CCCCCCCCC/C=C\CCCCCCCC. The first-order chi connectivity index (χ1) is 29.3. The first-order valence-corrected chi connectivity index (χ1v) is 25.8. The molecular weight excluding hydrogens is 776 g/mol. The van der Waals surface area contributed by atoms with Gasteiger partial charge in [-0.2, -0.15) is 0 Å². The molecule has 0 fully saturated rings. The molecule has 0 heterocycles. The molecular formula is C50H91O9P. The molecule has 0 saturated heterocycles. The zero-order valence-corrected chi connectivity index (χ0v) is 39.3. The van der Waals surface area contributed by atoms with Crippen molar-refractivity contribution in [3.8, 4) is 0 Å². The van der Waals surface area contributed by atoms with Gasteiger partial charge in [0.15, 0.2) is 0 Å². The van der Waals surface area contributed by atoms with E-state index in [0.717, 1.165) is 83.5 Å². The van der Waals surface area contributed by atoms with Crippen molar-refractivity contribution in [3.63, 3.8) is 0 Å². The molecule has 0 aromatic carbocycles. The molecule has 350 valence electrons. The van der Waals surface area contributed by atoms with Gasteiger partial charge in [0, 0.05) is 13.0 Å². The Morgan fingerprint density at radius 3 is 1.45 bits per heavy atom. The average molecular weight is 867 g/mol. The summed E-state index contributed by atoms with van der Waals surface area (Å²) in [6.07, 6.45) is 54.6. The Hall–Kier alpha value is -1.84. The van der Waals surface area contributed by atoms with Crippen LogP contribution in [-0.4, -0.2) is 66.3 Å². The van der Waals surface area contributed by atoms with E-state index in [2.05, 4.69) is 74.6 Å². The first-order valence-electron chi connectivity index (χ1n) is 24.3. The highest BCUT2D eigenvalue weighted by Crippen LogP contribution is 2.43. The highest BCUT2D eigenvalue weighted by Gasteiger charge is 2.26. The summed E-state index contributed by atoms with van der Waals surface area (Å²) in [5.41, 5.74) is 0. The molecule has 0 bridgehead atoms. The van der Waals surface area contributed by atoms with Crippen LogP contribution in [0.3, 0.4) is 0 Å². The number of phosphoric acid groups is 1. The van der Waals surface area contributed by atoms with Gasteiger partial charge in [0.05, 0.1) is 26.4 Å². The summed E-state index contributed by atoms with van der Waals surface area (Å²) < 4.78 is 33.5. The number of unbranched alkanes of at least 4 members (excludes halogenated alkanes) is 22. The summed E-state index contributed by atoms with van der Waals surface area (Å²) in [7, 11) is -4.53. The van der Waals surface area contributed by atoms with Crippen LogP contribution in [-0.2, 0) is 27.9 Å². The van der Waals surface area contributed by atoms with Gasteiger partial charge in [-0.25, -0.2) is 4.57 Å². The Labute approximate surface area is 368 Å². The van der Waals surface area contributed by atoms with E-state index < -0.39 is 33.2 Å². The largest absolute Gasteiger partial charge is 0.472 e. The third kappa shape index (κ3) is 45.7. The van der Waals surface area contributed by atoms with Crippen LogP contribution >= 0.6 is 7.82 Å². The standard InChI is InChI=1S/C50H91O9P/c1-3-5-7-9-11-13-15-17-19-21-22-23-24-25-27-29-31-33-35-37-39-41-43-56-46-49(47-58-60(54,55)57-45-48(52)44-51)59-50(53)42-40-38-36-34-32-30-28-26-20-18-16-14-12-10-8-6-4-2/h5,7,11,13,17-20,22-23,48-49,51-52H,3-4,6,8-10,12,14-16,21,24-47H2,1-2H3,(H,54,55)/b7-5-,13-11-,19-17-,20-18-,23-22-. The number of aliphatic hydroxyl groups is 2. The van der Waals surface area contributed by atoms with Gasteiger partial charge in [-0.15, -0.1) is 0 Å². The van der Waals surface area contributed by atoms with Crippen LogP contribution in [0.5, 0.6) is 0 Å². The highest BCUT2D eigenvalue weighted by molar-refractivity contribution is 7.47. The second kappa shape index (κ2) is 46.7. The van der Waals surface area contributed by atoms with Crippen molar-refractivity contribution < 1.29 is 43.0 Å². The fourth-order valence-corrected chi connectivity index (χ4v) is 7.31. The maximum atomic E-state index is 12.7. The number of rotatable bonds is 46. The summed E-state index contributed by atoms with van der Waals surface area (Å²) in [6.45, 7) is 3.39. The molecule has 0 aliphatic rings. The predicted octanol–water partition coefficient (Wildman–Crippen LogP) is 13.9. The number of phosphoric ester groups is 1. The molecule has 10 heteroatoms. The molecule has 3 N–H and O–H groups in total. The zero-order chi connectivity index (χ0) is 43.9. The van der Waals surface area contributed by atoms with Gasteiger partial charge < -0.3 is 24.6 Å². The van der Waals surface area contributed by atoms with Crippen LogP contribution in [0.2, 0.25) is 0 Å². The van der Waals surface area contributed by atoms with E-state index in [1.165, 1.54) is 103 Å². The van der Waals surface area contributed by atoms with Crippen LogP contribution in [0.1, 0.15) is 206 Å². The van der Waals surface area contributed by atoms with Gasteiger partial charge in [-0.3, -0.25) is 13.8 Å². The Bertz CT molecular complexity index is 1120. The molecule has 0 aliphatic carbocycles. The molecule has 60 heavy (non-hydrogen) atoms. The van der Waals surface area contributed by atoms with Gasteiger partial charge in [0.1, 0.15) is 12.2 Å². The summed E-state index contributed by atoms with van der Waals surface area (Å²) in [4.78, 5) is 22.7. The minimum Gasteiger partial charge on any atom is -0.457 e. The molecule has 0 saturated carbocycles. The number of allylic oxidation sites excluding steroid dienone is 10. The molecule has 0 radical (unpaired) electrons. The fourth-order valence-electron chi connectivity index (χ4n) is 6.52. The van der Waals surface area contributed by atoms with Crippen LogP contribution in [0.25, 0.3) is 0 Å². The van der Waals surface area contributed by atoms with Crippen LogP contribution in [0.4, 0.5) is 0 Å². The van der Waals surface area contributed by atoms with E-state index >= 15 is 0 Å². The Kier molecular flexibility index (Phi) is 45.2. The van der Waals surface area contributed by atoms with Crippen molar-refractivity contribution in [2.45, 2.75) is 219 Å². The van der Waals surface area contributed by atoms with E-state index in [0.29, 0.717) is 6.61 Å². The lowest BCUT2D eigenvalue weighted by Gasteiger charge is -2.20. The van der Waals surface area contributed by atoms with Gasteiger partial charge in [0.25, 0.3) is 0 Å². The quantitative estimate of drug-likeness (QED) is 0.0237. The second-order valence-corrected chi connectivity index (χ2v) is 17.5. The van der Waals surface area contributed by atoms with E-state index in [9.17, 15) is 19.4 Å². The summed E-state index contributed by atoms with van der Waals surface area (Å²) in [6, 6.07) is 0. The van der Waals surface area contributed by atoms with Crippen LogP contribution < -0.4 is 0 Å². The van der Waals surface area contributed by atoms with Gasteiger partial charge in [0.2, 0.25) is 0 Å². The fraction of sp³-hybridized carbons (Fsp3) is 0.780. The van der Waals surface area contributed by atoms with Crippen LogP contribution in [0, 0.1) is 0 Å². The monoisotopic (exact) mass is 867 g/mol. The maximum Gasteiger partial charge on any atom is 0.472 e. The Morgan fingerprint density at radius 2 is 0.950 bits per heavy atom. The summed E-state index contributed by atoms with van der Waals surface area (Å²) in [5, 5.41) is 18.4. The van der Waals surface area contributed by atoms with E-state index in [-0.39, 0.29) is 25.6 Å². The molecule has 0 rings (SSSR count). The van der Waals surface area contributed by atoms with Crippen molar-refractivity contribution in [1.29, 1.82) is 0 Å². The number of carbonyl (C=O) groups excluding carboxylic acids is 1. The summed E-state index contributed by atoms with van der Waals surface area (Å²) in [5.74, 6) is -0.390. The Balaban J connectivity index is 4.12. The van der Waals surface area contributed by atoms with E-state index in [4.69, 9.17) is 23.6 Å². The molecule has 3 unspecified atom stereocenters. The topological polar surface area (TPSA) is 132 Å². The molecule has 3 atom stereocenters. The number of hydrogen-bond donors (Lipinski definition) is 3. The zero-order valence-electron chi connectivity index (χ0n) is 38.4. The maximum absolute atomic E-state index is 12.7. The van der Waals surface area contributed by atoms with Crippen molar-refractivity contribution in [1.82, 2.24) is 0 Å². The smallest absolute Gasteiger partial charge is 0.457 e. The Morgan fingerprint density at radius 1 is 0.533 bits per heavy atom. The number of hydrogen-bond acceptors (Lipinski definition) is 8. The molecule has 9 nitrogen and oxygen atoms in total. The van der Waals surface area contributed by atoms with Crippen molar-refractivity contribution in [3.05, 3.63) is 60.8 Å². The lowest BCUT2D eigenvalue weighted by molar-refractivity contribution is -0.154. The highest BCUT2D eigenvalue weighted by atomic mass is 31.2. The molecule has 0 aromatic rings. The predicted molar refractivity (Wildman–Crippen MR) is 251 cm³/mol. The van der Waals surface area contributed by atoms with Crippen molar-refractivity contribution in [2.75, 3.05) is 33.0 Å². The minimum absolute atomic E-state index is 0.0418. The number of esters is 1. The van der Waals surface area contributed by atoms with Crippen molar-refractivity contribution in [2.24, 2.45) is 0 Å². The minimum atomic E-state index is -4.53.